The lowest BCUT2D eigenvalue weighted by Crippen LogP contribution is -2.38. The van der Waals surface area contributed by atoms with Crippen LogP contribution >= 0.6 is 0 Å². The minimum atomic E-state index is -3.55. The van der Waals surface area contributed by atoms with Crippen LogP contribution in [0.2, 0.25) is 0 Å². The van der Waals surface area contributed by atoms with Crippen LogP contribution in [-0.4, -0.2) is 47.0 Å². The summed E-state index contributed by atoms with van der Waals surface area (Å²) in [5.41, 5.74) is 1.11. The molecule has 8 heteroatoms. The lowest BCUT2D eigenvalue weighted by Gasteiger charge is -2.29. The van der Waals surface area contributed by atoms with Crippen LogP contribution in [0.1, 0.15) is 38.2 Å². The molecule has 0 amide bonds. The summed E-state index contributed by atoms with van der Waals surface area (Å²) in [6.45, 7) is 4.64. The van der Waals surface area contributed by atoms with Crippen LogP contribution in [0.3, 0.4) is 0 Å². The van der Waals surface area contributed by atoms with Crippen LogP contribution < -0.4 is 4.31 Å². The molecule has 2 rings (SSSR count). The molecular weight excluding hydrogens is 348 g/mol. The van der Waals surface area contributed by atoms with E-state index in [0.717, 1.165) is 19.3 Å². The molecule has 0 N–H and O–H groups in total. The first-order valence-electron chi connectivity index (χ1n) is 8.27. The predicted octanol–water partition coefficient (Wildman–Crippen LogP) is 2.35. The van der Waals surface area contributed by atoms with E-state index >= 15 is 0 Å². The van der Waals surface area contributed by atoms with Crippen molar-refractivity contribution in [1.82, 2.24) is 4.31 Å². The van der Waals surface area contributed by atoms with Gasteiger partial charge in [-0.15, -0.1) is 0 Å². The molecule has 0 bridgehead atoms. The minimum Gasteiger partial charge on any atom is -0.270 e. The predicted molar refractivity (Wildman–Crippen MR) is 96.3 cm³/mol. The maximum absolute atomic E-state index is 12.7. The molecule has 0 aliphatic carbocycles. The van der Waals surface area contributed by atoms with Crippen molar-refractivity contribution >= 4 is 25.7 Å². The summed E-state index contributed by atoms with van der Waals surface area (Å²) < 4.78 is 52.5. The van der Waals surface area contributed by atoms with E-state index in [2.05, 4.69) is 0 Å². The third-order valence-electron chi connectivity index (χ3n) is 4.31. The topological polar surface area (TPSA) is 74.8 Å². The van der Waals surface area contributed by atoms with Gasteiger partial charge in [0.1, 0.15) is 0 Å². The van der Waals surface area contributed by atoms with Gasteiger partial charge in [-0.25, -0.2) is 21.1 Å². The van der Waals surface area contributed by atoms with E-state index in [9.17, 15) is 16.8 Å². The third kappa shape index (κ3) is 3.92. The zero-order chi connectivity index (χ0) is 18.0. The van der Waals surface area contributed by atoms with Gasteiger partial charge in [0.2, 0.25) is 20.0 Å². The van der Waals surface area contributed by atoms with Gasteiger partial charge in [-0.05, 0) is 49.9 Å². The Morgan fingerprint density at radius 1 is 1.25 bits per heavy atom. The summed E-state index contributed by atoms with van der Waals surface area (Å²) in [7, 11) is -5.27. The molecule has 136 valence electrons. The average Bonchev–Trinajstić information content (AvgIpc) is 2.51. The van der Waals surface area contributed by atoms with E-state index in [0.29, 0.717) is 30.8 Å². The highest BCUT2D eigenvalue weighted by molar-refractivity contribution is 7.92. The fourth-order valence-corrected chi connectivity index (χ4v) is 5.87. The Bertz CT molecular complexity index is 788. The Hall–Kier alpha value is -1.12. The number of aryl methyl sites for hydroxylation is 1. The maximum Gasteiger partial charge on any atom is 0.243 e. The molecule has 1 heterocycles. The number of nitrogens with zero attached hydrogens (tertiary/aromatic N) is 2. The van der Waals surface area contributed by atoms with Crippen LogP contribution in [0.4, 0.5) is 5.69 Å². The van der Waals surface area contributed by atoms with Crippen LogP contribution in [0.25, 0.3) is 0 Å². The smallest absolute Gasteiger partial charge is 0.243 e. The lowest BCUT2D eigenvalue weighted by atomic mass is 10.2. The molecule has 1 fully saturated rings. The summed E-state index contributed by atoms with van der Waals surface area (Å²) in [5.74, 6) is 0.145. The van der Waals surface area contributed by atoms with E-state index in [4.69, 9.17) is 0 Å². The van der Waals surface area contributed by atoms with Crippen LogP contribution in [0.15, 0.2) is 23.1 Å². The maximum atomic E-state index is 12.7. The fraction of sp³-hybridized carbons (Fsp3) is 0.625. The number of hydrogen-bond acceptors (Lipinski definition) is 4. The first kappa shape index (κ1) is 19.2. The Labute approximate surface area is 145 Å². The molecule has 0 aromatic heterocycles. The number of anilines is 1. The molecule has 1 aliphatic rings. The zero-order valence-electron chi connectivity index (χ0n) is 14.5. The van der Waals surface area contributed by atoms with Crippen molar-refractivity contribution in [3.63, 3.8) is 0 Å². The average molecular weight is 375 g/mol. The molecule has 0 unspecified atom stereocenters. The molecule has 0 saturated carbocycles. The van der Waals surface area contributed by atoms with E-state index in [-0.39, 0.29) is 10.6 Å². The highest BCUT2D eigenvalue weighted by Crippen LogP contribution is 2.28. The van der Waals surface area contributed by atoms with E-state index in [1.807, 2.05) is 6.92 Å². The minimum absolute atomic E-state index is 0.145. The van der Waals surface area contributed by atoms with Crippen LogP contribution in [-0.2, 0) is 20.0 Å². The van der Waals surface area contributed by atoms with Crippen LogP contribution in [0, 0.1) is 6.92 Å². The van der Waals surface area contributed by atoms with Gasteiger partial charge in [-0.3, -0.25) is 4.31 Å². The summed E-state index contributed by atoms with van der Waals surface area (Å²) in [6.07, 6.45) is 3.22. The van der Waals surface area contributed by atoms with E-state index < -0.39 is 20.0 Å². The van der Waals surface area contributed by atoms with Gasteiger partial charge in [-0.1, -0.05) is 13.3 Å². The van der Waals surface area contributed by atoms with Crippen molar-refractivity contribution in [3.8, 4) is 0 Å². The second-order valence-corrected chi connectivity index (χ2v) is 10.3. The molecule has 1 saturated heterocycles. The molecule has 0 spiro atoms. The molecule has 1 aromatic carbocycles. The Kier molecular flexibility index (Phi) is 5.93. The zero-order valence-corrected chi connectivity index (χ0v) is 16.2. The van der Waals surface area contributed by atoms with Gasteiger partial charge in [0.15, 0.2) is 0 Å². The van der Waals surface area contributed by atoms with Crippen molar-refractivity contribution in [2.24, 2.45) is 0 Å². The van der Waals surface area contributed by atoms with Crippen molar-refractivity contribution in [2.75, 3.05) is 30.2 Å². The van der Waals surface area contributed by atoms with Gasteiger partial charge < -0.3 is 0 Å². The van der Waals surface area contributed by atoms with E-state index in [1.54, 1.807) is 26.1 Å². The standard InChI is InChI=1S/C16H26N2O4S2/c1-4-5-10-17(3)24(21,22)16-9-8-15(13-14(16)2)18-11-6-7-12-23(18,19)20/h8-9,13H,4-7,10-12H2,1-3H3. The number of benzene rings is 1. The highest BCUT2D eigenvalue weighted by atomic mass is 32.2. The molecule has 1 aromatic rings. The van der Waals surface area contributed by atoms with Gasteiger partial charge in [0.05, 0.1) is 16.3 Å². The first-order chi connectivity index (χ1) is 11.2. The van der Waals surface area contributed by atoms with Gasteiger partial charge in [0.25, 0.3) is 0 Å². The fourth-order valence-electron chi connectivity index (χ4n) is 2.83. The van der Waals surface area contributed by atoms with Crippen molar-refractivity contribution < 1.29 is 16.8 Å². The molecule has 6 nitrogen and oxygen atoms in total. The summed E-state index contributed by atoms with van der Waals surface area (Å²) in [4.78, 5) is 0.235. The summed E-state index contributed by atoms with van der Waals surface area (Å²) >= 11 is 0. The van der Waals surface area contributed by atoms with E-state index in [1.165, 1.54) is 14.7 Å². The molecule has 24 heavy (non-hydrogen) atoms. The SMILES string of the molecule is CCCCN(C)S(=O)(=O)c1ccc(N2CCCCS2(=O)=O)cc1C. The van der Waals surface area contributed by atoms with Crippen molar-refractivity contribution in [3.05, 3.63) is 23.8 Å². The number of hydrogen-bond donors (Lipinski definition) is 0. The highest BCUT2D eigenvalue weighted by Gasteiger charge is 2.28. The van der Waals surface area contributed by atoms with Gasteiger partial charge in [-0.2, -0.15) is 0 Å². The van der Waals surface area contributed by atoms with Crippen molar-refractivity contribution in [2.45, 2.75) is 44.4 Å². The van der Waals surface area contributed by atoms with Gasteiger partial charge in [0, 0.05) is 20.1 Å². The summed E-state index contributed by atoms with van der Waals surface area (Å²) in [6, 6.07) is 4.77. The Morgan fingerprint density at radius 2 is 1.96 bits per heavy atom. The third-order valence-corrected chi connectivity index (χ3v) is 8.20. The molecule has 1 aliphatic heterocycles. The number of unbranched alkanes of at least 4 members (excludes halogenated alkanes) is 1. The molecular formula is C16H26N2O4S2. The van der Waals surface area contributed by atoms with Crippen LogP contribution in [0.5, 0.6) is 0 Å². The Balaban J connectivity index is 2.33. The largest absolute Gasteiger partial charge is 0.270 e. The number of rotatable bonds is 6. The molecule has 0 atom stereocenters. The second-order valence-electron chi connectivity index (χ2n) is 6.23. The lowest BCUT2D eigenvalue weighted by molar-refractivity contribution is 0.459. The summed E-state index contributed by atoms with van der Waals surface area (Å²) in [5, 5.41) is 0. The molecule has 0 radical (unpaired) electrons. The van der Waals surface area contributed by atoms with Gasteiger partial charge >= 0.3 is 0 Å². The monoisotopic (exact) mass is 374 g/mol. The second kappa shape index (κ2) is 7.41. The Morgan fingerprint density at radius 3 is 2.54 bits per heavy atom. The normalized spacial score (nSPS) is 18.1. The number of sulfonamides is 2. The van der Waals surface area contributed by atoms with Crippen molar-refractivity contribution in [1.29, 1.82) is 0 Å². The quantitative estimate of drug-likeness (QED) is 0.766. The first-order valence-corrected chi connectivity index (χ1v) is 11.3.